The molecule has 0 aliphatic rings. The quantitative estimate of drug-likeness (QED) is 0.0793. The zero-order valence-corrected chi connectivity index (χ0v) is 22.5. The summed E-state index contributed by atoms with van der Waals surface area (Å²) >= 11 is 9.10. The minimum Gasteiger partial charge on any atom is -0.334 e. The maximum atomic E-state index is 12.3. The number of nitrogens with one attached hydrogen (secondary N) is 2. The Morgan fingerprint density at radius 3 is 2.88 bits per heavy atom. The first kappa shape index (κ1) is 24.7. The Labute approximate surface area is 219 Å². The number of hydrogen-bond acceptors (Lipinski definition) is 12. The Hall–Kier alpha value is -2.46. The Kier molecular flexibility index (Phi) is 8.55. The summed E-state index contributed by atoms with van der Waals surface area (Å²) in [5.74, 6) is 6.91. The first-order valence-corrected chi connectivity index (χ1v) is 14.1. The molecule has 0 spiro atoms. The molecule has 0 radical (unpaired) electrons. The summed E-state index contributed by atoms with van der Waals surface area (Å²) in [6.07, 6.45) is 0. The van der Waals surface area contributed by atoms with Crippen molar-refractivity contribution in [3.63, 3.8) is 0 Å². The van der Waals surface area contributed by atoms with Gasteiger partial charge < -0.3 is 5.84 Å². The van der Waals surface area contributed by atoms with Gasteiger partial charge >= 0.3 is 0 Å². The number of anilines is 2. The average Bonchev–Trinajstić information content (AvgIpc) is 3.57. The minimum absolute atomic E-state index is 0.0902. The lowest BCUT2D eigenvalue weighted by Crippen LogP contribution is -2.17. The number of benzene rings is 1. The molecule has 0 unspecified atom stereocenters. The molecule has 1 amide bonds. The van der Waals surface area contributed by atoms with Crippen LogP contribution in [0.4, 0.5) is 11.1 Å². The van der Waals surface area contributed by atoms with E-state index in [1.165, 1.54) is 21.6 Å². The summed E-state index contributed by atoms with van der Waals surface area (Å²) < 4.78 is 3.06. The Morgan fingerprint density at radius 1 is 1.21 bits per heavy atom. The molecule has 3 aromatic heterocycles. The molecule has 3 heterocycles. The monoisotopic (exact) mass is 595 g/mol. The van der Waals surface area contributed by atoms with E-state index >= 15 is 0 Å². The fourth-order valence-electron chi connectivity index (χ4n) is 2.50. The van der Waals surface area contributed by atoms with E-state index in [1.54, 1.807) is 23.1 Å². The minimum atomic E-state index is -0.242. The number of halogens is 1. The number of thiophene rings is 1. The molecule has 0 atom stereocenters. The highest BCUT2D eigenvalue weighted by Crippen LogP contribution is 2.29. The van der Waals surface area contributed by atoms with Crippen LogP contribution >= 0.6 is 62.1 Å². The van der Waals surface area contributed by atoms with Crippen molar-refractivity contribution in [2.45, 2.75) is 22.2 Å². The third-order valence-electron chi connectivity index (χ3n) is 4.10. The van der Waals surface area contributed by atoms with Crippen LogP contribution in [0.1, 0.15) is 17.4 Å². The lowest BCUT2D eigenvalue weighted by molar-refractivity contribution is -0.113. The van der Waals surface area contributed by atoms with Crippen LogP contribution in [0.25, 0.3) is 0 Å². The first-order valence-electron chi connectivity index (χ1n) is 9.66. The van der Waals surface area contributed by atoms with Gasteiger partial charge in [-0.3, -0.25) is 10.1 Å². The summed E-state index contributed by atoms with van der Waals surface area (Å²) in [4.78, 5) is 13.4. The van der Waals surface area contributed by atoms with Crippen LogP contribution in [0.2, 0.25) is 0 Å². The summed E-state index contributed by atoms with van der Waals surface area (Å²) in [6.45, 7) is 1.88. The highest BCUT2D eigenvalue weighted by Gasteiger charge is 2.14. The molecule has 34 heavy (non-hydrogen) atoms. The van der Waals surface area contributed by atoms with Crippen LogP contribution in [0.15, 0.2) is 60.8 Å². The second-order valence-electron chi connectivity index (χ2n) is 6.59. The van der Waals surface area contributed by atoms with Crippen molar-refractivity contribution in [2.24, 2.45) is 5.10 Å². The molecule has 4 N–H and O–H groups in total. The van der Waals surface area contributed by atoms with Crippen LogP contribution in [0.5, 0.6) is 0 Å². The second-order valence-corrected chi connectivity index (χ2v) is 11.6. The van der Waals surface area contributed by atoms with E-state index in [2.05, 4.69) is 58.2 Å². The van der Waals surface area contributed by atoms with Crippen LogP contribution in [0, 0.1) is 0 Å². The highest BCUT2D eigenvalue weighted by atomic mass is 79.9. The predicted molar refractivity (Wildman–Crippen MR) is 143 cm³/mol. The van der Waals surface area contributed by atoms with Crippen molar-refractivity contribution in [3.8, 4) is 0 Å². The molecule has 0 saturated carbocycles. The number of aromatic nitrogens is 5. The van der Waals surface area contributed by atoms with Crippen LogP contribution in [-0.2, 0) is 10.5 Å². The number of nitrogens with zero attached hydrogens (tertiary/aromatic N) is 6. The molecular weight excluding hydrogens is 578 g/mol. The van der Waals surface area contributed by atoms with Crippen molar-refractivity contribution in [3.05, 3.63) is 56.7 Å². The van der Waals surface area contributed by atoms with Gasteiger partial charge in [-0.05, 0) is 36.1 Å². The molecule has 0 saturated heterocycles. The number of nitrogens with two attached hydrogens (primary N) is 1. The van der Waals surface area contributed by atoms with Crippen molar-refractivity contribution in [1.29, 1.82) is 0 Å². The van der Waals surface area contributed by atoms with E-state index in [0.717, 1.165) is 36.9 Å². The number of hydrazone groups is 1. The lowest BCUT2D eigenvalue weighted by atomic mass is 10.2. The molecule has 176 valence electrons. The summed E-state index contributed by atoms with van der Waals surface area (Å²) in [5, 5.41) is 26.0. The molecule has 0 aliphatic carbocycles. The van der Waals surface area contributed by atoms with E-state index in [1.807, 2.05) is 42.6 Å². The van der Waals surface area contributed by atoms with Crippen molar-refractivity contribution < 1.29 is 4.79 Å². The topological polar surface area (TPSA) is 136 Å². The van der Waals surface area contributed by atoms with Crippen molar-refractivity contribution in [1.82, 2.24) is 25.1 Å². The summed E-state index contributed by atoms with van der Waals surface area (Å²) in [6, 6.07) is 12.0. The van der Waals surface area contributed by atoms with Gasteiger partial charge in [0.2, 0.25) is 16.2 Å². The highest BCUT2D eigenvalue weighted by molar-refractivity contribution is 9.10. The third kappa shape index (κ3) is 6.79. The fourth-order valence-corrected chi connectivity index (χ4v) is 5.99. The van der Waals surface area contributed by atoms with Crippen molar-refractivity contribution in [2.75, 3.05) is 22.3 Å². The standard InChI is InChI=1S/C19H18BrN9OS4/c1-11(14-6-3-7-31-14)23-24-16-25-27-18(29(16)21)32-10-15(30)22-17-26-28-19(34-17)33-9-12-4-2-5-13(20)8-12/h2-8H,9-10,21H2,1H3,(H,24,25)(H,22,26,30)/b23-11+. The SMILES string of the molecule is C/C(=N\Nc1nnc(SCC(=O)Nc2nnc(SCc3cccc(Br)c3)s2)n1N)c1cccs1. The van der Waals surface area contributed by atoms with E-state index in [4.69, 9.17) is 5.84 Å². The van der Waals surface area contributed by atoms with E-state index < -0.39 is 0 Å². The van der Waals surface area contributed by atoms with Gasteiger partial charge in [0.1, 0.15) is 0 Å². The number of rotatable bonds is 10. The Bertz CT molecular complexity index is 1290. The number of carbonyl (C=O) groups is 1. The molecule has 4 aromatic rings. The molecular formula is C19H18BrN9OS4. The fraction of sp³-hybridized carbons (Fsp3) is 0.158. The second kappa shape index (κ2) is 11.8. The largest absolute Gasteiger partial charge is 0.334 e. The van der Waals surface area contributed by atoms with E-state index in [0.29, 0.717) is 10.3 Å². The summed E-state index contributed by atoms with van der Waals surface area (Å²) in [7, 11) is 0. The van der Waals surface area contributed by atoms with Crippen LogP contribution in [0.3, 0.4) is 0 Å². The van der Waals surface area contributed by atoms with Crippen LogP contribution < -0.4 is 16.6 Å². The number of hydrogen-bond donors (Lipinski definition) is 3. The van der Waals surface area contributed by atoms with Gasteiger partial charge in [-0.2, -0.15) is 5.10 Å². The van der Waals surface area contributed by atoms with E-state index in [-0.39, 0.29) is 17.6 Å². The zero-order chi connectivity index (χ0) is 23.9. The Balaban J connectivity index is 1.25. The average molecular weight is 597 g/mol. The van der Waals surface area contributed by atoms with Gasteiger partial charge in [0, 0.05) is 15.1 Å². The van der Waals surface area contributed by atoms with Gasteiger partial charge in [0.15, 0.2) is 4.34 Å². The van der Waals surface area contributed by atoms with E-state index in [9.17, 15) is 4.79 Å². The molecule has 0 fully saturated rings. The maximum Gasteiger partial charge on any atom is 0.264 e. The molecule has 15 heteroatoms. The first-order chi connectivity index (χ1) is 16.5. The van der Waals surface area contributed by atoms with Gasteiger partial charge in [-0.25, -0.2) is 10.1 Å². The van der Waals surface area contributed by atoms with Gasteiger partial charge in [-0.1, -0.05) is 69.0 Å². The summed E-state index contributed by atoms with van der Waals surface area (Å²) in [5.41, 5.74) is 4.78. The van der Waals surface area contributed by atoms with Crippen LogP contribution in [-0.4, -0.2) is 42.4 Å². The predicted octanol–water partition coefficient (Wildman–Crippen LogP) is 4.53. The van der Waals surface area contributed by atoms with Crippen molar-refractivity contribution >= 4 is 84.8 Å². The number of nitrogen functional groups attached to an aromatic ring is 1. The molecule has 10 nitrogen and oxygen atoms in total. The molecule has 1 aromatic carbocycles. The Morgan fingerprint density at radius 2 is 2.09 bits per heavy atom. The number of thioether (sulfide) groups is 2. The molecule has 0 bridgehead atoms. The molecule has 4 rings (SSSR count). The molecule has 0 aliphatic heterocycles. The van der Waals surface area contributed by atoms with Gasteiger partial charge in [0.25, 0.3) is 5.95 Å². The lowest BCUT2D eigenvalue weighted by Gasteiger charge is -2.03. The third-order valence-corrected chi connectivity index (χ3v) is 8.56. The number of amides is 1. The normalized spacial score (nSPS) is 11.5. The van der Waals surface area contributed by atoms with Gasteiger partial charge in [0.05, 0.1) is 11.5 Å². The number of carbonyl (C=O) groups excluding carboxylic acids is 1. The van der Waals surface area contributed by atoms with Gasteiger partial charge in [-0.15, -0.1) is 31.7 Å². The maximum absolute atomic E-state index is 12.3. The smallest absolute Gasteiger partial charge is 0.264 e. The zero-order valence-electron chi connectivity index (χ0n) is 17.6.